The van der Waals surface area contributed by atoms with Crippen LogP contribution in [0.5, 0.6) is 11.5 Å². The molecule has 0 saturated carbocycles. The van der Waals surface area contributed by atoms with Crippen molar-refractivity contribution in [2.75, 3.05) is 0 Å². The Morgan fingerprint density at radius 1 is 1.30 bits per heavy atom. The number of aryl methyl sites for hydroxylation is 1. The number of rotatable bonds is 4. The van der Waals surface area contributed by atoms with Gasteiger partial charge in [0.05, 0.1) is 0 Å². The maximum absolute atomic E-state index is 13.8. The van der Waals surface area contributed by atoms with Crippen molar-refractivity contribution in [1.82, 2.24) is 0 Å². The Morgan fingerprint density at radius 3 is 2.70 bits per heavy atom. The highest BCUT2D eigenvalue weighted by Crippen LogP contribution is 2.32. The van der Waals surface area contributed by atoms with E-state index >= 15 is 0 Å². The summed E-state index contributed by atoms with van der Waals surface area (Å²) in [4.78, 5) is 0. The van der Waals surface area contributed by atoms with Gasteiger partial charge >= 0.3 is 0 Å². The van der Waals surface area contributed by atoms with Crippen molar-refractivity contribution in [2.45, 2.75) is 26.3 Å². The molecule has 0 fully saturated rings. The smallest absolute Gasteiger partial charge is 0.135 e. The second kappa shape index (κ2) is 6.25. The average molecular weight is 294 g/mol. The lowest BCUT2D eigenvalue weighted by Gasteiger charge is -2.15. The molecule has 0 bridgehead atoms. The van der Waals surface area contributed by atoms with Gasteiger partial charge in [0.2, 0.25) is 0 Å². The van der Waals surface area contributed by atoms with Crippen LogP contribution in [-0.4, -0.2) is 0 Å². The van der Waals surface area contributed by atoms with Gasteiger partial charge in [0.25, 0.3) is 0 Å². The Morgan fingerprint density at radius 2 is 2.05 bits per heavy atom. The molecule has 0 aliphatic heterocycles. The van der Waals surface area contributed by atoms with E-state index in [0.29, 0.717) is 22.1 Å². The first-order chi connectivity index (χ1) is 9.52. The molecule has 0 heterocycles. The monoisotopic (exact) mass is 293 g/mol. The van der Waals surface area contributed by atoms with Gasteiger partial charge in [-0.15, -0.1) is 0 Å². The van der Waals surface area contributed by atoms with Crippen molar-refractivity contribution >= 4 is 11.6 Å². The largest absolute Gasteiger partial charge is 0.457 e. The standard InChI is InChI=1S/C16H17ClFNO/c1-3-11-9-12(7-8-13(11)17)20-15-6-4-5-14(18)16(15)10(2)19/h4-10H,3,19H2,1-2H3/t10-/m1/s1. The fourth-order valence-corrected chi connectivity index (χ4v) is 2.31. The molecule has 106 valence electrons. The first kappa shape index (κ1) is 14.8. The molecule has 2 N–H and O–H groups in total. The molecule has 0 aromatic heterocycles. The molecule has 2 aromatic rings. The highest BCUT2D eigenvalue weighted by Gasteiger charge is 2.14. The molecule has 2 nitrogen and oxygen atoms in total. The summed E-state index contributed by atoms with van der Waals surface area (Å²) < 4.78 is 19.6. The molecule has 0 spiro atoms. The van der Waals surface area contributed by atoms with Crippen LogP contribution in [0, 0.1) is 5.82 Å². The van der Waals surface area contributed by atoms with Gasteiger partial charge in [-0.3, -0.25) is 0 Å². The molecule has 0 radical (unpaired) electrons. The minimum Gasteiger partial charge on any atom is -0.457 e. The second-order valence-corrected chi connectivity index (χ2v) is 5.06. The molecular formula is C16H17ClFNO. The van der Waals surface area contributed by atoms with Crippen LogP contribution in [0.25, 0.3) is 0 Å². The van der Waals surface area contributed by atoms with E-state index in [1.54, 1.807) is 31.2 Å². The molecule has 2 rings (SSSR count). The highest BCUT2D eigenvalue weighted by atomic mass is 35.5. The van der Waals surface area contributed by atoms with Crippen molar-refractivity contribution in [3.05, 3.63) is 58.4 Å². The topological polar surface area (TPSA) is 35.2 Å². The summed E-state index contributed by atoms with van der Waals surface area (Å²) in [6.07, 6.45) is 0.805. The molecule has 1 atom stereocenters. The fourth-order valence-electron chi connectivity index (χ4n) is 2.06. The molecule has 0 aliphatic carbocycles. The fraction of sp³-hybridized carbons (Fsp3) is 0.250. The molecule has 2 aromatic carbocycles. The van der Waals surface area contributed by atoms with Gasteiger partial charge in [-0.05, 0) is 49.2 Å². The molecule has 0 unspecified atom stereocenters. The Balaban J connectivity index is 2.37. The van der Waals surface area contributed by atoms with Crippen LogP contribution in [0.15, 0.2) is 36.4 Å². The number of nitrogens with two attached hydrogens (primary N) is 1. The summed E-state index contributed by atoms with van der Waals surface area (Å²) in [5.41, 5.74) is 7.17. The summed E-state index contributed by atoms with van der Waals surface area (Å²) in [5.74, 6) is 0.699. The van der Waals surface area contributed by atoms with Crippen LogP contribution in [0.3, 0.4) is 0 Å². The minimum atomic E-state index is -0.441. The third-order valence-electron chi connectivity index (χ3n) is 3.09. The Labute approximate surface area is 123 Å². The lowest BCUT2D eigenvalue weighted by Crippen LogP contribution is -2.09. The van der Waals surface area contributed by atoms with Crippen molar-refractivity contribution in [1.29, 1.82) is 0 Å². The maximum atomic E-state index is 13.8. The van der Waals surface area contributed by atoms with Crippen molar-refractivity contribution in [3.8, 4) is 11.5 Å². The van der Waals surface area contributed by atoms with Gasteiger partial charge in [0.15, 0.2) is 0 Å². The second-order valence-electron chi connectivity index (χ2n) is 4.65. The summed E-state index contributed by atoms with van der Waals surface area (Å²) >= 11 is 6.07. The first-order valence-electron chi connectivity index (χ1n) is 6.53. The van der Waals surface area contributed by atoms with Crippen LogP contribution < -0.4 is 10.5 Å². The zero-order chi connectivity index (χ0) is 14.7. The number of hydrogen-bond acceptors (Lipinski definition) is 2. The van der Waals surface area contributed by atoms with Gasteiger partial charge in [0, 0.05) is 16.6 Å². The van der Waals surface area contributed by atoms with E-state index in [1.807, 2.05) is 13.0 Å². The third kappa shape index (κ3) is 3.11. The van der Waals surface area contributed by atoms with Gasteiger partial charge < -0.3 is 10.5 Å². The lowest BCUT2D eigenvalue weighted by atomic mass is 10.1. The predicted molar refractivity (Wildman–Crippen MR) is 79.9 cm³/mol. The summed E-state index contributed by atoms with van der Waals surface area (Å²) in [7, 11) is 0. The number of hydrogen-bond donors (Lipinski definition) is 1. The van der Waals surface area contributed by atoms with Crippen LogP contribution in [-0.2, 0) is 6.42 Å². The van der Waals surface area contributed by atoms with Crippen molar-refractivity contribution in [2.24, 2.45) is 5.73 Å². The lowest BCUT2D eigenvalue weighted by molar-refractivity contribution is 0.460. The normalized spacial score (nSPS) is 12.2. The zero-order valence-corrected chi connectivity index (χ0v) is 12.2. The predicted octanol–water partition coefficient (Wildman–Crippen LogP) is 4.85. The molecule has 0 amide bonds. The van der Waals surface area contributed by atoms with Crippen LogP contribution in [0.2, 0.25) is 5.02 Å². The SMILES string of the molecule is CCc1cc(Oc2cccc(F)c2[C@@H](C)N)ccc1Cl. The Hall–Kier alpha value is -1.58. The summed E-state index contributed by atoms with van der Waals surface area (Å²) in [6.45, 7) is 3.74. The van der Waals surface area contributed by atoms with E-state index in [0.717, 1.165) is 12.0 Å². The van der Waals surface area contributed by atoms with E-state index in [1.165, 1.54) is 6.07 Å². The molecule has 0 saturated heterocycles. The van der Waals surface area contributed by atoms with E-state index < -0.39 is 6.04 Å². The zero-order valence-electron chi connectivity index (χ0n) is 11.5. The number of benzene rings is 2. The van der Waals surface area contributed by atoms with E-state index in [2.05, 4.69) is 0 Å². The quantitative estimate of drug-likeness (QED) is 0.874. The first-order valence-corrected chi connectivity index (χ1v) is 6.91. The van der Waals surface area contributed by atoms with Gasteiger partial charge in [-0.2, -0.15) is 0 Å². The van der Waals surface area contributed by atoms with Crippen LogP contribution in [0.1, 0.15) is 31.0 Å². The van der Waals surface area contributed by atoms with E-state index in [-0.39, 0.29) is 5.82 Å². The maximum Gasteiger partial charge on any atom is 0.135 e. The van der Waals surface area contributed by atoms with E-state index in [9.17, 15) is 4.39 Å². The Kier molecular flexibility index (Phi) is 4.63. The molecule has 20 heavy (non-hydrogen) atoms. The van der Waals surface area contributed by atoms with Gasteiger partial charge in [0.1, 0.15) is 17.3 Å². The third-order valence-corrected chi connectivity index (χ3v) is 3.46. The average Bonchev–Trinajstić information content (AvgIpc) is 2.40. The number of halogens is 2. The van der Waals surface area contributed by atoms with Crippen molar-refractivity contribution < 1.29 is 9.13 Å². The van der Waals surface area contributed by atoms with Crippen LogP contribution >= 0.6 is 11.6 Å². The van der Waals surface area contributed by atoms with Crippen molar-refractivity contribution in [3.63, 3.8) is 0 Å². The van der Waals surface area contributed by atoms with Crippen LogP contribution in [0.4, 0.5) is 4.39 Å². The van der Waals surface area contributed by atoms with Gasteiger partial charge in [-0.1, -0.05) is 24.6 Å². The summed E-state index contributed by atoms with van der Waals surface area (Å²) in [5, 5.41) is 0.700. The highest BCUT2D eigenvalue weighted by molar-refractivity contribution is 6.31. The minimum absolute atomic E-state index is 0.359. The van der Waals surface area contributed by atoms with E-state index in [4.69, 9.17) is 22.1 Å². The molecular weight excluding hydrogens is 277 g/mol. The molecule has 0 aliphatic rings. The molecule has 4 heteroatoms. The Bertz CT molecular complexity index is 613. The number of ether oxygens (including phenoxy) is 1. The summed E-state index contributed by atoms with van der Waals surface area (Å²) in [6, 6.07) is 9.65. The van der Waals surface area contributed by atoms with Gasteiger partial charge in [-0.25, -0.2) is 4.39 Å².